The van der Waals surface area contributed by atoms with Crippen LogP contribution in [-0.4, -0.2) is 12.6 Å². The van der Waals surface area contributed by atoms with E-state index in [1.54, 1.807) is 6.08 Å². The summed E-state index contributed by atoms with van der Waals surface area (Å²) in [6.07, 6.45) is 2.89. The molecule has 0 bridgehead atoms. The lowest BCUT2D eigenvalue weighted by Crippen LogP contribution is -3.08. The van der Waals surface area contributed by atoms with Crippen molar-refractivity contribution in [3.05, 3.63) is 17.5 Å². The molecule has 0 saturated heterocycles. The van der Waals surface area contributed by atoms with Gasteiger partial charge in [0.1, 0.15) is 6.20 Å². The van der Waals surface area contributed by atoms with Crippen LogP contribution in [0.3, 0.4) is 0 Å². The smallest absolute Gasteiger partial charge is 0.419 e. The van der Waals surface area contributed by atoms with Crippen LogP contribution in [0.2, 0.25) is 0 Å². The Morgan fingerprint density at radius 3 is 3.00 bits per heavy atom. The molecule has 1 aliphatic heterocycles. The monoisotopic (exact) mass is 114 g/mol. The van der Waals surface area contributed by atoms with Gasteiger partial charge < -0.3 is 10.5 Å². The highest BCUT2D eigenvalue weighted by Crippen LogP contribution is 1.68. The van der Waals surface area contributed by atoms with Gasteiger partial charge in [0.2, 0.25) is 0 Å². The van der Waals surface area contributed by atoms with Crippen molar-refractivity contribution in [3.8, 4) is 0 Å². The lowest BCUT2D eigenvalue weighted by Gasteiger charge is -2.17. The summed E-state index contributed by atoms with van der Waals surface area (Å²) in [7, 11) is 0. The number of carbonyl (C=O) groups is 1. The zero-order valence-corrected chi connectivity index (χ0v) is 4.18. The van der Waals surface area contributed by atoms with Crippen LogP contribution in [0.4, 0.5) is 4.79 Å². The molecule has 1 aliphatic rings. The molecule has 1 rings (SSSR count). The van der Waals surface area contributed by atoms with Crippen molar-refractivity contribution in [2.24, 2.45) is 0 Å². The van der Waals surface area contributed by atoms with Crippen LogP contribution in [0, 0.1) is 5.21 Å². The fraction of sp³-hybridized carbons (Fsp3) is 0.250. The summed E-state index contributed by atoms with van der Waals surface area (Å²) in [6, 6.07) is -0.507. The van der Waals surface area contributed by atoms with Crippen LogP contribution in [0.15, 0.2) is 12.3 Å². The van der Waals surface area contributed by atoms with E-state index in [2.05, 4.69) is 5.32 Å². The molecule has 1 heterocycles. The number of carbonyl (C=O) groups excluding carboxylic acids is 1. The highest BCUT2D eigenvalue weighted by Gasteiger charge is 2.08. The molecular formula is C4H6N2O2. The van der Waals surface area contributed by atoms with Crippen LogP contribution >= 0.6 is 0 Å². The molecule has 0 aromatic heterocycles. The summed E-state index contributed by atoms with van der Waals surface area (Å²) >= 11 is 0. The molecule has 0 aromatic carbocycles. The van der Waals surface area contributed by atoms with Crippen LogP contribution in [0.5, 0.6) is 0 Å². The summed E-state index contributed by atoms with van der Waals surface area (Å²) in [4.78, 5) is 10.3. The standard InChI is InChI=1S/C4H6N2O2/c7-4-5-2-1-3-6(4)8/h1,3,6H,2H2,(H,5,7). The third kappa shape index (κ3) is 0.853. The van der Waals surface area contributed by atoms with Crippen molar-refractivity contribution in [2.75, 3.05) is 6.54 Å². The Morgan fingerprint density at radius 2 is 2.62 bits per heavy atom. The van der Waals surface area contributed by atoms with Crippen molar-refractivity contribution < 1.29 is 9.86 Å². The molecule has 4 nitrogen and oxygen atoms in total. The highest BCUT2D eigenvalue weighted by molar-refractivity contribution is 5.65. The molecule has 2 amide bonds. The number of amides is 2. The van der Waals surface area contributed by atoms with Gasteiger partial charge in [-0.2, -0.15) is 0 Å². The average molecular weight is 114 g/mol. The van der Waals surface area contributed by atoms with Crippen molar-refractivity contribution in [2.45, 2.75) is 0 Å². The molecule has 4 heteroatoms. The molecule has 1 atom stereocenters. The topological polar surface area (TPSA) is 56.6 Å². The lowest BCUT2D eigenvalue weighted by atomic mass is 10.5. The summed E-state index contributed by atoms with van der Waals surface area (Å²) in [5.74, 6) is 0. The first-order valence-electron chi connectivity index (χ1n) is 2.29. The SMILES string of the molecule is O=C1NCC=C[NH+]1[O-]. The van der Waals surface area contributed by atoms with E-state index in [9.17, 15) is 10.0 Å². The Morgan fingerprint density at radius 1 is 1.88 bits per heavy atom. The molecule has 44 valence electrons. The molecule has 8 heavy (non-hydrogen) atoms. The minimum atomic E-state index is -0.507. The molecule has 0 spiro atoms. The van der Waals surface area contributed by atoms with Gasteiger partial charge in [0.05, 0.1) is 0 Å². The van der Waals surface area contributed by atoms with Crippen LogP contribution in [0.25, 0.3) is 0 Å². The second-order valence-electron chi connectivity index (χ2n) is 1.48. The maximum Gasteiger partial charge on any atom is 0.419 e. The normalized spacial score (nSPS) is 27.6. The van der Waals surface area contributed by atoms with Gasteiger partial charge in [0, 0.05) is 6.54 Å². The van der Waals surface area contributed by atoms with E-state index in [4.69, 9.17) is 0 Å². The molecule has 0 aliphatic carbocycles. The van der Waals surface area contributed by atoms with E-state index >= 15 is 0 Å². The third-order valence-electron chi connectivity index (χ3n) is 0.873. The first kappa shape index (κ1) is 5.27. The number of rotatable bonds is 0. The minimum Gasteiger partial charge on any atom is -0.620 e. The van der Waals surface area contributed by atoms with Gasteiger partial charge in [0.15, 0.2) is 0 Å². The Bertz CT molecular complexity index is 132. The maximum atomic E-state index is 10.3. The van der Waals surface area contributed by atoms with Gasteiger partial charge in [-0.1, -0.05) is 0 Å². The van der Waals surface area contributed by atoms with Crippen LogP contribution in [0.1, 0.15) is 0 Å². The van der Waals surface area contributed by atoms with Gasteiger partial charge >= 0.3 is 6.03 Å². The summed E-state index contributed by atoms with van der Waals surface area (Å²) in [5, 5.41) is 12.2. The average Bonchev–Trinajstić information content (AvgIpc) is 1.77. The van der Waals surface area contributed by atoms with Gasteiger partial charge in [0.25, 0.3) is 0 Å². The van der Waals surface area contributed by atoms with Crippen molar-refractivity contribution in [3.63, 3.8) is 0 Å². The Balaban J connectivity index is 2.60. The zero-order valence-electron chi connectivity index (χ0n) is 4.18. The van der Waals surface area contributed by atoms with Gasteiger partial charge in [-0.15, -0.1) is 0 Å². The van der Waals surface area contributed by atoms with E-state index in [1.807, 2.05) is 0 Å². The number of urea groups is 1. The van der Waals surface area contributed by atoms with E-state index in [0.717, 1.165) is 0 Å². The van der Waals surface area contributed by atoms with Crippen LogP contribution in [-0.2, 0) is 0 Å². The number of hydroxylamine groups is 2. The fourth-order valence-corrected chi connectivity index (χ4v) is 0.480. The van der Waals surface area contributed by atoms with Crippen molar-refractivity contribution in [1.29, 1.82) is 0 Å². The van der Waals surface area contributed by atoms with E-state index < -0.39 is 11.1 Å². The predicted molar refractivity (Wildman–Crippen MR) is 26.9 cm³/mol. The summed E-state index contributed by atoms with van der Waals surface area (Å²) in [6.45, 7) is 0.477. The number of nitrogens with one attached hydrogen (secondary N) is 2. The van der Waals surface area contributed by atoms with Gasteiger partial charge in [-0.3, -0.25) is 5.06 Å². The molecular weight excluding hydrogens is 108 g/mol. The molecule has 0 fully saturated rings. The zero-order chi connectivity index (χ0) is 5.98. The second-order valence-corrected chi connectivity index (χ2v) is 1.48. The summed E-state index contributed by atoms with van der Waals surface area (Å²) < 4.78 is 0. The number of quaternary nitrogens is 1. The number of hydrogen-bond donors (Lipinski definition) is 2. The molecule has 0 aromatic rings. The molecule has 0 radical (unpaired) electrons. The first-order valence-corrected chi connectivity index (χ1v) is 2.29. The lowest BCUT2D eigenvalue weighted by molar-refractivity contribution is -0.698. The summed E-state index contributed by atoms with van der Waals surface area (Å²) in [5.41, 5.74) is 0. The largest absolute Gasteiger partial charge is 0.620 e. The Kier molecular flexibility index (Phi) is 1.27. The van der Waals surface area contributed by atoms with Crippen LogP contribution < -0.4 is 10.4 Å². The molecule has 1 unspecified atom stereocenters. The fourth-order valence-electron chi connectivity index (χ4n) is 0.480. The van der Waals surface area contributed by atoms with Gasteiger partial charge in [-0.25, -0.2) is 4.79 Å². The first-order chi connectivity index (χ1) is 3.80. The Labute approximate surface area is 46.4 Å². The van der Waals surface area contributed by atoms with E-state index in [-0.39, 0.29) is 0 Å². The molecule has 0 saturated carbocycles. The Hall–Kier alpha value is -0.870. The quantitative estimate of drug-likeness (QED) is 0.381. The van der Waals surface area contributed by atoms with Gasteiger partial charge in [-0.05, 0) is 6.08 Å². The predicted octanol–water partition coefficient (Wildman–Crippen LogP) is -1.39. The number of hydrogen-bond acceptors (Lipinski definition) is 2. The third-order valence-corrected chi connectivity index (χ3v) is 0.873. The van der Waals surface area contributed by atoms with E-state index in [1.165, 1.54) is 6.20 Å². The minimum absolute atomic E-state index is 0.462. The second kappa shape index (κ2) is 1.94. The maximum absolute atomic E-state index is 10.3. The van der Waals surface area contributed by atoms with Crippen molar-refractivity contribution in [1.82, 2.24) is 5.32 Å². The van der Waals surface area contributed by atoms with E-state index in [0.29, 0.717) is 6.54 Å². The van der Waals surface area contributed by atoms with Crippen molar-refractivity contribution >= 4 is 6.03 Å². The highest BCUT2D eigenvalue weighted by atomic mass is 16.5. The molecule has 2 N–H and O–H groups in total.